The summed E-state index contributed by atoms with van der Waals surface area (Å²) in [7, 11) is -4.16. The zero-order chi connectivity index (χ0) is 16.6. The van der Waals surface area contributed by atoms with Crippen LogP contribution < -0.4 is 0 Å². The number of rotatable bonds is 10. The molecule has 3 nitrogen and oxygen atoms in total. The summed E-state index contributed by atoms with van der Waals surface area (Å²) in [5.41, 5.74) is 2.97. The highest BCUT2D eigenvalue weighted by Gasteiger charge is 2.19. The molecule has 0 amide bonds. The van der Waals surface area contributed by atoms with Crippen molar-refractivity contribution in [3.8, 4) is 0 Å². The van der Waals surface area contributed by atoms with E-state index in [0.29, 0.717) is 0 Å². The highest BCUT2D eigenvalue weighted by Crippen LogP contribution is 2.26. The Balaban J connectivity index is 3.33. The predicted molar refractivity (Wildman–Crippen MR) is 92.1 cm³/mol. The smallest absolute Gasteiger partial charge is 0.282 e. The Morgan fingerprint density at radius 1 is 0.864 bits per heavy atom. The fourth-order valence-corrected chi connectivity index (χ4v) is 3.59. The van der Waals surface area contributed by atoms with Crippen LogP contribution in [-0.2, 0) is 29.4 Å². The molecule has 0 atom stereocenters. The molecule has 4 heteroatoms. The van der Waals surface area contributed by atoms with Crippen LogP contribution in [0.15, 0.2) is 17.0 Å². The molecule has 0 fully saturated rings. The Hall–Kier alpha value is -0.870. The van der Waals surface area contributed by atoms with E-state index in [4.69, 9.17) is 0 Å². The normalized spacial score (nSPS) is 11.8. The number of unbranched alkanes of at least 4 members (excludes halogenated alkanes) is 3. The second-order valence-electron chi connectivity index (χ2n) is 6.02. The SMILES string of the molecule is CCCCc1cc(CCCC)c(CCCC)c(S(=O)(=O)O)c1. The fraction of sp³-hybridized carbons (Fsp3) is 0.667. The molecule has 0 spiro atoms. The summed E-state index contributed by atoms with van der Waals surface area (Å²) in [6.45, 7) is 6.35. The maximum absolute atomic E-state index is 11.8. The number of aryl methyl sites for hydroxylation is 2. The maximum Gasteiger partial charge on any atom is 0.294 e. The highest BCUT2D eigenvalue weighted by atomic mass is 32.2. The van der Waals surface area contributed by atoms with Crippen molar-refractivity contribution in [1.29, 1.82) is 0 Å². The molecule has 0 saturated heterocycles. The fourth-order valence-electron chi connectivity index (χ4n) is 2.75. The van der Waals surface area contributed by atoms with Crippen LogP contribution in [0.1, 0.15) is 76.0 Å². The summed E-state index contributed by atoms with van der Waals surface area (Å²) in [6.07, 6.45) is 8.65. The Morgan fingerprint density at radius 2 is 1.41 bits per heavy atom. The van der Waals surface area contributed by atoms with Gasteiger partial charge in [0, 0.05) is 0 Å². The van der Waals surface area contributed by atoms with E-state index in [9.17, 15) is 13.0 Å². The molecule has 0 saturated carbocycles. The topological polar surface area (TPSA) is 54.4 Å². The zero-order valence-electron chi connectivity index (χ0n) is 14.2. The monoisotopic (exact) mass is 326 g/mol. The Bertz CT molecular complexity index is 562. The van der Waals surface area contributed by atoms with Gasteiger partial charge in [-0.3, -0.25) is 4.55 Å². The lowest BCUT2D eigenvalue weighted by Gasteiger charge is -2.16. The summed E-state index contributed by atoms with van der Waals surface area (Å²) < 4.78 is 33.3. The maximum atomic E-state index is 11.8. The lowest BCUT2D eigenvalue weighted by Crippen LogP contribution is -2.09. The van der Waals surface area contributed by atoms with Crippen LogP contribution in [0.3, 0.4) is 0 Å². The second kappa shape index (κ2) is 9.31. The van der Waals surface area contributed by atoms with Crippen molar-refractivity contribution in [3.05, 3.63) is 28.8 Å². The van der Waals surface area contributed by atoms with Gasteiger partial charge < -0.3 is 0 Å². The summed E-state index contributed by atoms with van der Waals surface area (Å²) in [5.74, 6) is 0. The van der Waals surface area contributed by atoms with Crippen LogP contribution in [-0.4, -0.2) is 13.0 Å². The molecule has 1 rings (SSSR count). The quantitative estimate of drug-likeness (QED) is 0.618. The van der Waals surface area contributed by atoms with Crippen molar-refractivity contribution in [1.82, 2.24) is 0 Å². The zero-order valence-corrected chi connectivity index (χ0v) is 15.0. The molecule has 1 aromatic rings. The van der Waals surface area contributed by atoms with Crippen molar-refractivity contribution in [3.63, 3.8) is 0 Å². The van der Waals surface area contributed by atoms with Gasteiger partial charge in [0.1, 0.15) is 0 Å². The lowest BCUT2D eigenvalue weighted by atomic mass is 9.94. The molecule has 0 aliphatic rings. The molecule has 22 heavy (non-hydrogen) atoms. The molecule has 0 unspecified atom stereocenters. The highest BCUT2D eigenvalue weighted by molar-refractivity contribution is 7.85. The van der Waals surface area contributed by atoms with E-state index in [-0.39, 0.29) is 4.90 Å². The van der Waals surface area contributed by atoms with Crippen molar-refractivity contribution < 1.29 is 13.0 Å². The van der Waals surface area contributed by atoms with Crippen molar-refractivity contribution in [2.45, 2.75) is 83.5 Å². The van der Waals surface area contributed by atoms with Gasteiger partial charge in [0.2, 0.25) is 0 Å². The third kappa shape index (κ3) is 5.73. The molecule has 0 radical (unpaired) electrons. The minimum absolute atomic E-state index is 0.139. The molecule has 0 heterocycles. The third-order valence-electron chi connectivity index (χ3n) is 4.04. The van der Waals surface area contributed by atoms with Gasteiger partial charge in [0.15, 0.2) is 0 Å². The van der Waals surface area contributed by atoms with E-state index in [1.807, 2.05) is 0 Å². The van der Waals surface area contributed by atoms with Gasteiger partial charge in [-0.15, -0.1) is 0 Å². The van der Waals surface area contributed by atoms with E-state index in [0.717, 1.165) is 74.5 Å². The Labute approximate surface area is 135 Å². The van der Waals surface area contributed by atoms with E-state index in [1.165, 1.54) is 0 Å². The van der Waals surface area contributed by atoms with Crippen LogP contribution in [0.25, 0.3) is 0 Å². The molecule has 1 N–H and O–H groups in total. The number of benzene rings is 1. The largest absolute Gasteiger partial charge is 0.294 e. The van der Waals surface area contributed by atoms with Crippen LogP contribution in [0.2, 0.25) is 0 Å². The van der Waals surface area contributed by atoms with E-state index < -0.39 is 10.1 Å². The molecule has 0 bridgehead atoms. The molecule has 126 valence electrons. The first-order chi connectivity index (χ1) is 10.4. The van der Waals surface area contributed by atoms with Gasteiger partial charge in [-0.05, 0) is 61.3 Å². The van der Waals surface area contributed by atoms with Crippen LogP contribution >= 0.6 is 0 Å². The molecular weight excluding hydrogens is 296 g/mol. The molecule has 0 aliphatic carbocycles. The lowest BCUT2D eigenvalue weighted by molar-refractivity contribution is 0.481. The molecule has 1 aromatic carbocycles. The van der Waals surface area contributed by atoms with Gasteiger partial charge in [-0.2, -0.15) is 8.42 Å². The average Bonchev–Trinajstić information content (AvgIpc) is 2.47. The molecule has 0 aliphatic heterocycles. The van der Waals surface area contributed by atoms with E-state index in [1.54, 1.807) is 6.07 Å². The van der Waals surface area contributed by atoms with Crippen LogP contribution in [0.5, 0.6) is 0 Å². The van der Waals surface area contributed by atoms with Crippen molar-refractivity contribution in [2.75, 3.05) is 0 Å². The average molecular weight is 327 g/mol. The van der Waals surface area contributed by atoms with Gasteiger partial charge in [0.25, 0.3) is 10.1 Å². The first-order valence-corrected chi connectivity index (χ1v) is 10.00. The van der Waals surface area contributed by atoms with Gasteiger partial charge in [0.05, 0.1) is 4.90 Å². The first-order valence-electron chi connectivity index (χ1n) is 8.56. The summed E-state index contributed by atoms with van der Waals surface area (Å²) in [6, 6.07) is 3.84. The van der Waals surface area contributed by atoms with Crippen molar-refractivity contribution in [2.24, 2.45) is 0 Å². The second-order valence-corrected chi connectivity index (χ2v) is 7.41. The minimum atomic E-state index is -4.16. The summed E-state index contributed by atoms with van der Waals surface area (Å²) in [5, 5.41) is 0. The summed E-state index contributed by atoms with van der Waals surface area (Å²) in [4.78, 5) is 0.139. The third-order valence-corrected chi connectivity index (χ3v) is 4.96. The molecular formula is C18H30O3S. The van der Waals surface area contributed by atoms with Gasteiger partial charge in [-0.1, -0.05) is 46.1 Å². The summed E-state index contributed by atoms with van der Waals surface area (Å²) >= 11 is 0. The van der Waals surface area contributed by atoms with Crippen LogP contribution in [0.4, 0.5) is 0 Å². The predicted octanol–water partition coefficient (Wildman–Crippen LogP) is 4.96. The van der Waals surface area contributed by atoms with Crippen molar-refractivity contribution >= 4 is 10.1 Å². The minimum Gasteiger partial charge on any atom is -0.282 e. The Kier molecular flexibility index (Phi) is 8.12. The van der Waals surface area contributed by atoms with E-state index in [2.05, 4.69) is 26.8 Å². The van der Waals surface area contributed by atoms with Crippen LogP contribution in [0, 0.1) is 0 Å². The first kappa shape index (κ1) is 19.2. The molecule has 0 aromatic heterocycles. The van der Waals surface area contributed by atoms with Gasteiger partial charge >= 0.3 is 0 Å². The standard InChI is InChI=1S/C18H30O3S/c1-4-7-10-15-13-16(11-8-5-2)17(12-9-6-3)18(14-15)22(19,20)21/h13-14H,4-12H2,1-3H3,(H,19,20,21). The number of hydrogen-bond acceptors (Lipinski definition) is 2. The van der Waals surface area contributed by atoms with E-state index >= 15 is 0 Å². The number of hydrogen-bond donors (Lipinski definition) is 1. The van der Waals surface area contributed by atoms with Gasteiger partial charge in [-0.25, -0.2) is 0 Å². The Morgan fingerprint density at radius 3 is 1.95 bits per heavy atom.